The highest BCUT2D eigenvalue weighted by atomic mass is 15.3. The van der Waals surface area contributed by atoms with Crippen molar-refractivity contribution in [2.45, 2.75) is 64.5 Å². The van der Waals surface area contributed by atoms with Crippen LogP contribution in [0.3, 0.4) is 0 Å². The third-order valence-corrected chi connectivity index (χ3v) is 3.88. The number of aromatic nitrogens is 2. The molecule has 0 radical (unpaired) electrons. The molecule has 3 nitrogen and oxygen atoms in total. The fourth-order valence-electron chi connectivity index (χ4n) is 2.96. The Labute approximate surface area is 104 Å². The van der Waals surface area contributed by atoms with Gasteiger partial charge in [-0.1, -0.05) is 39.0 Å². The van der Waals surface area contributed by atoms with Crippen molar-refractivity contribution in [3.8, 4) is 0 Å². The standard InChI is InChI=1S/C14H25N3/c1-2-10-17-14(8-9-16-17)13(15)11-12-6-4-3-5-7-12/h8-9,12-13H,2-7,10-11,15H2,1H3. The lowest BCUT2D eigenvalue weighted by atomic mass is 9.84. The zero-order chi connectivity index (χ0) is 12.1. The van der Waals surface area contributed by atoms with Crippen LogP contribution >= 0.6 is 0 Å². The first-order valence-electron chi connectivity index (χ1n) is 7.08. The molecule has 1 aromatic rings. The van der Waals surface area contributed by atoms with Gasteiger partial charge in [0.05, 0.1) is 5.69 Å². The molecule has 1 fully saturated rings. The first-order valence-corrected chi connectivity index (χ1v) is 7.08. The molecule has 17 heavy (non-hydrogen) atoms. The number of nitrogens with two attached hydrogens (primary N) is 1. The highest BCUT2D eigenvalue weighted by Crippen LogP contribution is 2.30. The number of aryl methyl sites for hydroxylation is 1. The fourth-order valence-corrected chi connectivity index (χ4v) is 2.96. The SMILES string of the molecule is CCCn1nccc1C(N)CC1CCCCC1. The molecular weight excluding hydrogens is 210 g/mol. The van der Waals surface area contributed by atoms with E-state index in [-0.39, 0.29) is 6.04 Å². The molecule has 1 unspecified atom stereocenters. The van der Waals surface area contributed by atoms with Crippen molar-refractivity contribution in [2.75, 3.05) is 0 Å². The predicted octanol–water partition coefficient (Wildman–Crippen LogP) is 3.26. The molecule has 0 spiro atoms. The third-order valence-electron chi connectivity index (χ3n) is 3.88. The molecule has 1 atom stereocenters. The van der Waals surface area contributed by atoms with Crippen LogP contribution in [-0.4, -0.2) is 9.78 Å². The Morgan fingerprint density at radius 2 is 2.18 bits per heavy atom. The largest absolute Gasteiger partial charge is 0.323 e. The molecule has 1 heterocycles. The molecule has 2 rings (SSSR count). The van der Waals surface area contributed by atoms with Gasteiger partial charge in [0.1, 0.15) is 0 Å². The fraction of sp³-hybridized carbons (Fsp3) is 0.786. The minimum atomic E-state index is 0.173. The number of hydrogen-bond acceptors (Lipinski definition) is 2. The monoisotopic (exact) mass is 235 g/mol. The summed E-state index contributed by atoms with van der Waals surface area (Å²) in [5, 5.41) is 4.36. The van der Waals surface area contributed by atoms with Crippen LogP contribution in [-0.2, 0) is 6.54 Å². The van der Waals surface area contributed by atoms with Crippen LogP contribution in [0, 0.1) is 5.92 Å². The van der Waals surface area contributed by atoms with Gasteiger partial charge in [0.15, 0.2) is 0 Å². The third kappa shape index (κ3) is 3.32. The molecule has 0 aromatic carbocycles. The van der Waals surface area contributed by atoms with Gasteiger partial charge < -0.3 is 5.73 Å². The Morgan fingerprint density at radius 3 is 2.88 bits per heavy atom. The van der Waals surface area contributed by atoms with Crippen LogP contribution in [0.5, 0.6) is 0 Å². The zero-order valence-electron chi connectivity index (χ0n) is 10.9. The van der Waals surface area contributed by atoms with E-state index < -0.39 is 0 Å². The van der Waals surface area contributed by atoms with Crippen molar-refractivity contribution in [2.24, 2.45) is 11.7 Å². The highest BCUT2D eigenvalue weighted by molar-refractivity contribution is 5.06. The summed E-state index contributed by atoms with van der Waals surface area (Å²) in [6.45, 7) is 3.17. The van der Waals surface area contributed by atoms with E-state index in [2.05, 4.69) is 22.8 Å². The summed E-state index contributed by atoms with van der Waals surface area (Å²) in [5.74, 6) is 0.837. The van der Waals surface area contributed by atoms with Gasteiger partial charge >= 0.3 is 0 Å². The lowest BCUT2D eigenvalue weighted by molar-refractivity contribution is 0.314. The topological polar surface area (TPSA) is 43.8 Å². The Balaban J connectivity index is 1.93. The summed E-state index contributed by atoms with van der Waals surface area (Å²) in [5.41, 5.74) is 7.56. The Hall–Kier alpha value is -0.830. The first kappa shape index (κ1) is 12.6. The van der Waals surface area contributed by atoms with E-state index in [9.17, 15) is 0 Å². The predicted molar refractivity (Wildman–Crippen MR) is 70.6 cm³/mol. The molecule has 0 saturated heterocycles. The maximum Gasteiger partial charge on any atom is 0.0551 e. The molecular formula is C14H25N3. The van der Waals surface area contributed by atoms with Crippen LogP contribution in [0.25, 0.3) is 0 Å². The summed E-state index contributed by atoms with van der Waals surface area (Å²) < 4.78 is 2.08. The quantitative estimate of drug-likeness (QED) is 0.851. The van der Waals surface area contributed by atoms with E-state index in [4.69, 9.17) is 5.73 Å². The number of rotatable bonds is 5. The van der Waals surface area contributed by atoms with Gasteiger partial charge in [-0.3, -0.25) is 4.68 Å². The maximum absolute atomic E-state index is 6.34. The smallest absolute Gasteiger partial charge is 0.0551 e. The molecule has 1 aromatic heterocycles. The second kappa shape index (κ2) is 6.20. The van der Waals surface area contributed by atoms with Crippen LogP contribution in [0.15, 0.2) is 12.3 Å². The van der Waals surface area contributed by atoms with Crippen LogP contribution in [0.4, 0.5) is 0 Å². The lowest BCUT2D eigenvalue weighted by Crippen LogP contribution is -2.20. The van der Waals surface area contributed by atoms with Gasteiger partial charge in [-0.25, -0.2) is 0 Å². The maximum atomic E-state index is 6.34. The molecule has 3 heteroatoms. The average molecular weight is 235 g/mol. The number of nitrogens with zero attached hydrogens (tertiary/aromatic N) is 2. The van der Waals surface area contributed by atoms with Crippen molar-refractivity contribution < 1.29 is 0 Å². The molecule has 1 aliphatic carbocycles. The Kier molecular flexibility index (Phi) is 4.60. The van der Waals surface area contributed by atoms with E-state index in [0.29, 0.717) is 0 Å². The van der Waals surface area contributed by atoms with E-state index in [1.54, 1.807) is 0 Å². The Bertz CT molecular complexity index is 326. The molecule has 96 valence electrons. The van der Waals surface area contributed by atoms with Crippen molar-refractivity contribution >= 4 is 0 Å². The summed E-state index contributed by atoms with van der Waals surface area (Å²) in [7, 11) is 0. The van der Waals surface area contributed by atoms with Crippen LogP contribution in [0.1, 0.15) is 63.6 Å². The second-order valence-electron chi connectivity index (χ2n) is 5.33. The van der Waals surface area contributed by atoms with E-state index in [1.165, 1.54) is 37.8 Å². The summed E-state index contributed by atoms with van der Waals surface area (Å²) >= 11 is 0. The van der Waals surface area contributed by atoms with Crippen molar-refractivity contribution in [3.05, 3.63) is 18.0 Å². The summed E-state index contributed by atoms with van der Waals surface area (Å²) in [6.07, 6.45) is 11.1. The normalized spacial score (nSPS) is 19.4. The summed E-state index contributed by atoms with van der Waals surface area (Å²) in [6, 6.07) is 2.26. The minimum absolute atomic E-state index is 0.173. The van der Waals surface area contributed by atoms with Crippen molar-refractivity contribution in [1.29, 1.82) is 0 Å². The molecule has 0 aliphatic heterocycles. The lowest BCUT2D eigenvalue weighted by Gasteiger charge is -2.24. The molecule has 1 aliphatic rings. The zero-order valence-corrected chi connectivity index (χ0v) is 10.9. The summed E-state index contributed by atoms with van der Waals surface area (Å²) in [4.78, 5) is 0. The van der Waals surface area contributed by atoms with Gasteiger partial charge in [-0.05, 0) is 24.8 Å². The van der Waals surface area contributed by atoms with Crippen molar-refractivity contribution in [3.63, 3.8) is 0 Å². The van der Waals surface area contributed by atoms with Crippen LogP contribution < -0.4 is 5.73 Å². The van der Waals surface area contributed by atoms with Gasteiger partial charge in [0.2, 0.25) is 0 Å². The van der Waals surface area contributed by atoms with Gasteiger partial charge in [0.25, 0.3) is 0 Å². The minimum Gasteiger partial charge on any atom is -0.323 e. The van der Waals surface area contributed by atoms with Crippen molar-refractivity contribution in [1.82, 2.24) is 9.78 Å². The first-order chi connectivity index (χ1) is 8.31. The van der Waals surface area contributed by atoms with E-state index >= 15 is 0 Å². The van der Waals surface area contributed by atoms with E-state index in [1.807, 2.05) is 6.20 Å². The average Bonchev–Trinajstić information content (AvgIpc) is 2.79. The van der Waals surface area contributed by atoms with Gasteiger partial charge in [-0.2, -0.15) is 5.10 Å². The molecule has 0 amide bonds. The highest BCUT2D eigenvalue weighted by Gasteiger charge is 2.19. The Morgan fingerprint density at radius 1 is 1.41 bits per heavy atom. The second-order valence-corrected chi connectivity index (χ2v) is 5.33. The number of hydrogen-bond donors (Lipinski definition) is 1. The van der Waals surface area contributed by atoms with Gasteiger partial charge in [0, 0.05) is 18.8 Å². The molecule has 2 N–H and O–H groups in total. The van der Waals surface area contributed by atoms with Gasteiger partial charge in [-0.15, -0.1) is 0 Å². The molecule has 1 saturated carbocycles. The molecule has 0 bridgehead atoms. The van der Waals surface area contributed by atoms with Crippen LogP contribution in [0.2, 0.25) is 0 Å². The van der Waals surface area contributed by atoms with E-state index in [0.717, 1.165) is 25.3 Å².